The topological polar surface area (TPSA) is 88.0 Å². The Labute approximate surface area is 102 Å². The van der Waals surface area contributed by atoms with Crippen LogP contribution in [0.4, 0.5) is 0 Å². The Morgan fingerprint density at radius 1 is 1.47 bits per heavy atom. The molecule has 1 amide bonds. The summed E-state index contributed by atoms with van der Waals surface area (Å²) in [5.74, 6) is 4.36. The number of nitrogens with one attached hydrogen (secondary N) is 2. The van der Waals surface area contributed by atoms with Crippen LogP contribution in [0.1, 0.15) is 15.9 Å². The van der Waals surface area contributed by atoms with Crippen molar-refractivity contribution < 1.29 is 4.79 Å². The van der Waals surface area contributed by atoms with Crippen molar-refractivity contribution in [1.82, 2.24) is 10.4 Å². The number of halogens is 1. The summed E-state index contributed by atoms with van der Waals surface area (Å²) >= 11 is 5.88. The van der Waals surface area contributed by atoms with Crippen molar-refractivity contribution in [3.63, 3.8) is 0 Å². The third-order valence-corrected chi connectivity index (χ3v) is 2.74. The van der Waals surface area contributed by atoms with Crippen molar-refractivity contribution in [2.24, 2.45) is 5.84 Å². The number of aryl methyl sites for hydroxylation is 1. The molecule has 1 heterocycles. The average Bonchev–Trinajstić information content (AvgIpc) is 2.29. The molecule has 0 fully saturated rings. The van der Waals surface area contributed by atoms with Gasteiger partial charge in [0.2, 0.25) is 5.43 Å². The Morgan fingerprint density at radius 2 is 2.18 bits per heavy atom. The van der Waals surface area contributed by atoms with E-state index in [4.69, 9.17) is 17.4 Å². The molecule has 0 saturated carbocycles. The number of carbonyl (C=O) groups is 1. The van der Waals surface area contributed by atoms with E-state index in [-0.39, 0.29) is 5.56 Å². The highest BCUT2D eigenvalue weighted by Crippen LogP contribution is 2.19. The van der Waals surface area contributed by atoms with Gasteiger partial charge >= 0.3 is 0 Å². The highest BCUT2D eigenvalue weighted by Gasteiger charge is 2.13. The first-order chi connectivity index (χ1) is 8.04. The molecule has 0 radical (unpaired) electrons. The van der Waals surface area contributed by atoms with Gasteiger partial charge in [-0.1, -0.05) is 11.6 Å². The van der Waals surface area contributed by atoms with Crippen LogP contribution in [0.3, 0.4) is 0 Å². The van der Waals surface area contributed by atoms with Crippen molar-refractivity contribution >= 4 is 28.4 Å². The molecule has 0 atom stereocenters. The normalized spacial score (nSPS) is 10.5. The summed E-state index contributed by atoms with van der Waals surface area (Å²) in [5.41, 5.74) is 2.99. The number of rotatable bonds is 1. The predicted octanol–water partition coefficient (Wildman–Crippen LogP) is 1.09. The van der Waals surface area contributed by atoms with Crippen molar-refractivity contribution in [3.8, 4) is 0 Å². The van der Waals surface area contributed by atoms with Crippen molar-refractivity contribution in [2.75, 3.05) is 0 Å². The van der Waals surface area contributed by atoms with Gasteiger partial charge in [-0.05, 0) is 24.6 Å². The lowest BCUT2D eigenvalue weighted by Gasteiger charge is -2.05. The number of aromatic amines is 1. The average molecular weight is 252 g/mol. The number of hydrazine groups is 1. The van der Waals surface area contributed by atoms with Gasteiger partial charge in [0.25, 0.3) is 5.91 Å². The minimum Gasteiger partial charge on any atom is -0.360 e. The van der Waals surface area contributed by atoms with Crippen LogP contribution in [-0.2, 0) is 0 Å². The maximum Gasteiger partial charge on any atom is 0.270 e. The van der Waals surface area contributed by atoms with E-state index in [9.17, 15) is 9.59 Å². The van der Waals surface area contributed by atoms with E-state index >= 15 is 0 Å². The summed E-state index contributed by atoms with van der Waals surface area (Å²) in [5, 5.41) is 0.821. The number of nitrogen functional groups attached to an aromatic ring is 1. The van der Waals surface area contributed by atoms with Gasteiger partial charge in [-0.3, -0.25) is 15.0 Å². The van der Waals surface area contributed by atoms with E-state index in [1.807, 2.05) is 12.3 Å². The van der Waals surface area contributed by atoms with Crippen LogP contribution < -0.4 is 16.7 Å². The minimum atomic E-state index is -0.634. The van der Waals surface area contributed by atoms with Crippen molar-refractivity contribution in [1.29, 1.82) is 0 Å². The maximum atomic E-state index is 12.0. The Hall–Kier alpha value is -1.85. The first-order valence-corrected chi connectivity index (χ1v) is 5.25. The summed E-state index contributed by atoms with van der Waals surface area (Å²) in [6.07, 6.45) is 1.34. The molecule has 0 aliphatic carbocycles. The minimum absolute atomic E-state index is 0.0401. The second-order valence-corrected chi connectivity index (χ2v) is 4.09. The van der Waals surface area contributed by atoms with Crippen LogP contribution in [0.5, 0.6) is 0 Å². The lowest BCUT2D eigenvalue weighted by Crippen LogP contribution is -2.33. The van der Waals surface area contributed by atoms with E-state index in [1.54, 1.807) is 6.07 Å². The van der Waals surface area contributed by atoms with Crippen molar-refractivity contribution in [2.45, 2.75) is 6.92 Å². The predicted molar refractivity (Wildman–Crippen MR) is 66.0 cm³/mol. The lowest BCUT2D eigenvalue weighted by molar-refractivity contribution is 0.0952. The molecule has 17 heavy (non-hydrogen) atoms. The fourth-order valence-corrected chi connectivity index (χ4v) is 1.99. The van der Waals surface area contributed by atoms with Gasteiger partial charge in [0.05, 0.1) is 5.52 Å². The van der Waals surface area contributed by atoms with Gasteiger partial charge in [-0.25, -0.2) is 5.84 Å². The highest BCUT2D eigenvalue weighted by atomic mass is 35.5. The molecule has 88 valence electrons. The zero-order valence-electron chi connectivity index (χ0n) is 9.00. The molecule has 0 spiro atoms. The second-order valence-electron chi connectivity index (χ2n) is 3.65. The van der Waals surface area contributed by atoms with Crippen LogP contribution in [0.15, 0.2) is 23.1 Å². The Bertz CT molecular complexity index is 664. The molecule has 0 saturated heterocycles. The van der Waals surface area contributed by atoms with Gasteiger partial charge in [0, 0.05) is 16.6 Å². The molecule has 5 nitrogen and oxygen atoms in total. The summed E-state index contributed by atoms with van der Waals surface area (Å²) in [6.45, 7) is 1.83. The third kappa shape index (κ3) is 1.90. The van der Waals surface area contributed by atoms with Gasteiger partial charge in [-0.15, -0.1) is 0 Å². The van der Waals surface area contributed by atoms with Crippen LogP contribution in [0.25, 0.3) is 10.9 Å². The van der Waals surface area contributed by atoms with Crippen LogP contribution in [-0.4, -0.2) is 10.9 Å². The monoisotopic (exact) mass is 251 g/mol. The smallest absolute Gasteiger partial charge is 0.270 e. The van der Waals surface area contributed by atoms with E-state index in [2.05, 4.69) is 4.98 Å². The fraction of sp³-hybridized carbons (Fsp3) is 0.0909. The number of carbonyl (C=O) groups excluding carboxylic acids is 1. The van der Waals surface area contributed by atoms with Crippen LogP contribution in [0.2, 0.25) is 5.02 Å². The molecule has 0 bridgehead atoms. The number of hydrogen-bond donors (Lipinski definition) is 3. The van der Waals surface area contributed by atoms with Crippen molar-refractivity contribution in [3.05, 3.63) is 44.7 Å². The van der Waals surface area contributed by atoms with Crippen LogP contribution in [0, 0.1) is 6.92 Å². The first-order valence-electron chi connectivity index (χ1n) is 4.87. The van der Waals surface area contributed by atoms with E-state index in [0.717, 1.165) is 5.56 Å². The van der Waals surface area contributed by atoms with Gasteiger partial charge < -0.3 is 4.98 Å². The molecule has 0 aliphatic heterocycles. The molecule has 1 aromatic carbocycles. The third-order valence-electron chi connectivity index (χ3n) is 2.53. The number of amides is 1. The molecule has 6 heteroatoms. The lowest BCUT2D eigenvalue weighted by atomic mass is 10.1. The first kappa shape index (κ1) is 11.6. The number of fused-ring (bicyclic) bond motifs is 1. The molecular formula is C11H10ClN3O2. The van der Waals surface area contributed by atoms with Crippen LogP contribution >= 0.6 is 11.6 Å². The summed E-state index contributed by atoms with van der Waals surface area (Å²) < 4.78 is 0. The summed E-state index contributed by atoms with van der Waals surface area (Å²) in [7, 11) is 0. The molecule has 1 aromatic heterocycles. The zero-order chi connectivity index (χ0) is 12.6. The quantitative estimate of drug-likeness (QED) is 0.403. The SMILES string of the molecule is Cc1cc(Cl)cc2c(=O)c(C(=O)NN)c[nH]c12. The number of benzene rings is 1. The fourth-order valence-electron chi connectivity index (χ4n) is 1.72. The number of pyridine rings is 1. The number of hydrogen-bond acceptors (Lipinski definition) is 3. The highest BCUT2D eigenvalue weighted by molar-refractivity contribution is 6.31. The molecule has 0 unspecified atom stereocenters. The Morgan fingerprint density at radius 3 is 2.82 bits per heavy atom. The molecule has 0 aliphatic rings. The maximum absolute atomic E-state index is 12.0. The summed E-state index contributed by atoms with van der Waals surface area (Å²) in [4.78, 5) is 26.3. The molecule has 2 aromatic rings. The zero-order valence-corrected chi connectivity index (χ0v) is 9.76. The second kappa shape index (κ2) is 4.20. The van der Waals surface area contributed by atoms with Gasteiger partial charge in [0.1, 0.15) is 5.56 Å². The number of nitrogens with two attached hydrogens (primary N) is 1. The summed E-state index contributed by atoms with van der Waals surface area (Å²) in [6, 6.07) is 3.26. The molecule has 2 rings (SSSR count). The molecular weight excluding hydrogens is 242 g/mol. The van der Waals surface area contributed by atoms with E-state index in [1.165, 1.54) is 12.3 Å². The van der Waals surface area contributed by atoms with E-state index in [0.29, 0.717) is 15.9 Å². The Kier molecular flexibility index (Phi) is 2.87. The number of H-pyrrole nitrogens is 1. The Balaban J connectivity index is 2.85. The van der Waals surface area contributed by atoms with Gasteiger partial charge in [0.15, 0.2) is 0 Å². The largest absolute Gasteiger partial charge is 0.360 e. The number of aromatic nitrogens is 1. The molecule has 4 N–H and O–H groups in total. The standard InChI is InChI=1S/C11H10ClN3O2/c1-5-2-6(12)3-7-9(5)14-4-8(10(7)16)11(17)15-13/h2-4H,13H2,1H3,(H,14,16)(H,15,17). The van der Waals surface area contributed by atoms with E-state index < -0.39 is 11.3 Å². The van der Waals surface area contributed by atoms with Gasteiger partial charge in [-0.2, -0.15) is 0 Å².